The normalized spacial score (nSPS) is 19.8. The Morgan fingerprint density at radius 3 is 2.77 bits per heavy atom. The molecule has 0 saturated carbocycles. The van der Waals surface area contributed by atoms with Crippen molar-refractivity contribution >= 4 is 6.09 Å². The molecule has 30 heavy (non-hydrogen) atoms. The van der Waals surface area contributed by atoms with E-state index in [1.807, 2.05) is 51.1 Å². The fraction of sp³-hybridized carbons (Fsp3) is 0.500. The molecule has 2 aliphatic rings. The maximum absolute atomic E-state index is 12.2. The number of carbonyl (C=O) groups excluding carboxylic acids is 1. The van der Waals surface area contributed by atoms with E-state index in [4.69, 9.17) is 18.9 Å². The summed E-state index contributed by atoms with van der Waals surface area (Å²) in [6, 6.07) is 9.73. The van der Waals surface area contributed by atoms with Gasteiger partial charge < -0.3 is 23.8 Å². The maximum Gasteiger partial charge on any atom is 0.410 e. The fourth-order valence-corrected chi connectivity index (χ4v) is 3.46. The van der Waals surface area contributed by atoms with Gasteiger partial charge in [0.2, 0.25) is 0 Å². The Morgan fingerprint density at radius 2 is 2.00 bits per heavy atom. The third-order valence-corrected chi connectivity index (χ3v) is 4.81. The van der Waals surface area contributed by atoms with Crippen molar-refractivity contribution in [3.8, 4) is 17.0 Å². The second kappa shape index (κ2) is 8.57. The van der Waals surface area contributed by atoms with Gasteiger partial charge in [0.25, 0.3) is 0 Å². The second-order valence-electron chi connectivity index (χ2n) is 8.43. The Kier molecular flexibility index (Phi) is 5.87. The first-order valence-electron chi connectivity index (χ1n) is 10.2. The third kappa shape index (κ3) is 5.06. The molecule has 2 aliphatic heterocycles. The van der Waals surface area contributed by atoms with Gasteiger partial charge in [0.05, 0.1) is 31.6 Å². The first-order valence-corrected chi connectivity index (χ1v) is 10.2. The number of ether oxygens (including phenoxy) is 4. The number of likely N-dealkylation sites (tertiary alicyclic amines) is 1. The van der Waals surface area contributed by atoms with Crippen molar-refractivity contribution in [1.29, 1.82) is 0 Å². The highest BCUT2D eigenvalue weighted by Gasteiger charge is 2.31. The number of carbonyl (C=O) groups is 1. The van der Waals surface area contributed by atoms with Crippen LogP contribution in [0.1, 0.15) is 39.0 Å². The van der Waals surface area contributed by atoms with Crippen molar-refractivity contribution in [2.45, 2.75) is 45.2 Å². The highest BCUT2D eigenvalue weighted by atomic mass is 16.7. The van der Waals surface area contributed by atoms with Crippen LogP contribution in [-0.4, -0.2) is 59.2 Å². The molecule has 1 aromatic carbocycles. The van der Waals surface area contributed by atoms with Gasteiger partial charge in [-0.3, -0.25) is 0 Å². The van der Waals surface area contributed by atoms with E-state index in [-0.39, 0.29) is 18.5 Å². The molecule has 8 heteroatoms. The standard InChI is InChI=1S/C22H27N3O5/c1-22(2,3)30-21(26)25-8-7-17(14-25)29-18-12-19(24-23-13-18)15-5-4-6-16(11-15)20-27-9-10-28-20/h4-6,11-13,17,20H,7-10,14H2,1-3H3/t17-/m0/s1. The minimum Gasteiger partial charge on any atom is -0.487 e. The molecule has 0 unspecified atom stereocenters. The smallest absolute Gasteiger partial charge is 0.410 e. The molecule has 2 fully saturated rings. The van der Waals surface area contributed by atoms with E-state index in [1.165, 1.54) is 0 Å². The van der Waals surface area contributed by atoms with E-state index in [1.54, 1.807) is 11.1 Å². The van der Waals surface area contributed by atoms with Crippen molar-refractivity contribution in [1.82, 2.24) is 15.1 Å². The van der Waals surface area contributed by atoms with Crippen molar-refractivity contribution in [2.75, 3.05) is 26.3 Å². The first-order chi connectivity index (χ1) is 14.4. The summed E-state index contributed by atoms with van der Waals surface area (Å²) in [5, 5.41) is 8.33. The van der Waals surface area contributed by atoms with E-state index >= 15 is 0 Å². The summed E-state index contributed by atoms with van der Waals surface area (Å²) in [6.45, 7) is 7.86. The molecular formula is C22H27N3O5. The summed E-state index contributed by atoms with van der Waals surface area (Å²) in [5.41, 5.74) is 2.05. The van der Waals surface area contributed by atoms with Crippen molar-refractivity contribution < 1.29 is 23.7 Å². The highest BCUT2D eigenvalue weighted by molar-refractivity contribution is 5.68. The molecule has 1 atom stereocenters. The van der Waals surface area contributed by atoms with Crippen LogP contribution in [0.4, 0.5) is 4.79 Å². The van der Waals surface area contributed by atoms with Crippen LogP contribution < -0.4 is 4.74 Å². The molecule has 4 rings (SSSR count). The zero-order chi connectivity index (χ0) is 21.1. The number of hydrogen-bond acceptors (Lipinski definition) is 7. The molecule has 1 aromatic heterocycles. The highest BCUT2D eigenvalue weighted by Crippen LogP contribution is 2.28. The van der Waals surface area contributed by atoms with E-state index in [0.717, 1.165) is 17.5 Å². The quantitative estimate of drug-likeness (QED) is 0.758. The van der Waals surface area contributed by atoms with Gasteiger partial charge in [-0.25, -0.2) is 4.79 Å². The van der Waals surface area contributed by atoms with Crippen LogP contribution in [0.15, 0.2) is 36.5 Å². The zero-order valence-corrected chi connectivity index (χ0v) is 17.5. The first kappa shape index (κ1) is 20.6. The van der Waals surface area contributed by atoms with Gasteiger partial charge in [-0.15, -0.1) is 0 Å². The van der Waals surface area contributed by atoms with E-state index < -0.39 is 5.60 Å². The predicted molar refractivity (Wildman–Crippen MR) is 109 cm³/mol. The lowest BCUT2D eigenvalue weighted by Gasteiger charge is -2.24. The SMILES string of the molecule is CC(C)(C)OC(=O)N1CC[C@H](Oc2cnnc(-c3cccc(C4OCCO4)c3)c2)C1. The average molecular weight is 413 g/mol. The average Bonchev–Trinajstić information content (AvgIpc) is 3.39. The van der Waals surface area contributed by atoms with Gasteiger partial charge in [-0.05, 0) is 26.8 Å². The predicted octanol–water partition coefficient (Wildman–Crippen LogP) is 3.58. The summed E-state index contributed by atoms with van der Waals surface area (Å²) in [4.78, 5) is 13.9. The topological polar surface area (TPSA) is 83.0 Å². The van der Waals surface area contributed by atoms with E-state index in [0.29, 0.717) is 37.7 Å². The van der Waals surface area contributed by atoms with E-state index in [2.05, 4.69) is 10.2 Å². The summed E-state index contributed by atoms with van der Waals surface area (Å²) in [6.07, 6.45) is 1.57. The van der Waals surface area contributed by atoms with Crippen molar-refractivity contribution in [3.05, 3.63) is 42.1 Å². The lowest BCUT2D eigenvalue weighted by Crippen LogP contribution is -2.36. The van der Waals surface area contributed by atoms with Gasteiger partial charge >= 0.3 is 6.09 Å². The summed E-state index contributed by atoms with van der Waals surface area (Å²) >= 11 is 0. The summed E-state index contributed by atoms with van der Waals surface area (Å²) < 4.78 is 22.7. The molecule has 0 bridgehead atoms. The van der Waals surface area contributed by atoms with Gasteiger partial charge in [0.15, 0.2) is 6.29 Å². The maximum atomic E-state index is 12.2. The second-order valence-corrected chi connectivity index (χ2v) is 8.43. The number of amides is 1. The van der Waals surface area contributed by atoms with Gasteiger partial charge in [-0.2, -0.15) is 10.2 Å². The van der Waals surface area contributed by atoms with Crippen LogP contribution in [0.3, 0.4) is 0 Å². The van der Waals surface area contributed by atoms with Crippen molar-refractivity contribution in [3.63, 3.8) is 0 Å². The minimum atomic E-state index is -0.511. The molecule has 160 valence electrons. The molecular weight excluding hydrogens is 386 g/mol. The molecule has 2 aromatic rings. The molecule has 0 N–H and O–H groups in total. The molecule has 3 heterocycles. The van der Waals surface area contributed by atoms with Crippen LogP contribution in [-0.2, 0) is 14.2 Å². The molecule has 0 radical (unpaired) electrons. The van der Waals surface area contributed by atoms with Crippen LogP contribution in [0.2, 0.25) is 0 Å². The molecule has 8 nitrogen and oxygen atoms in total. The van der Waals surface area contributed by atoms with Crippen LogP contribution >= 0.6 is 0 Å². The van der Waals surface area contributed by atoms with Gasteiger partial charge in [0.1, 0.15) is 17.5 Å². The van der Waals surface area contributed by atoms with Gasteiger partial charge in [-0.1, -0.05) is 18.2 Å². The molecule has 0 aliphatic carbocycles. The Labute approximate surface area is 176 Å². The number of benzene rings is 1. The largest absolute Gasteiger partial charge is 0.487 e. The minimum absolute atomic E-state index is 0.110. The Hall–Kier alpha value is -2.71. The molecule has 1 amide bonds. The zero-order valence-electron chi connectivity index (χ0n) is 17.5. The Morgan fingerprint density at radius 1 is 1.20 bits per heavy atom. The summed E-state index contributed by atoms with van der Waals surface area (Å²) in [7, 11) is 0. The number of nitrogens with zero attached hydrogens (tertiary/aromatic N) is 3. The van der Waals surface area contributed by atoms with E-state index in [9.17, 15) is 4.79 Å². The lowest BCUT2D eigenvalue weighted by molar-refractivity contribution is -0.0440. The lowest BCUT2D eigenvalue weighted by atomic mass is 10.1. The molecule has 2 saturated heterocycles. The van der Waals surface area contributed by atoms with Crippen molar-refractivity contribution in [2.24, 2.45) is 0 Å². The Balaban J connectivity index is 1.41. The monoisotopic (exact) mass is 413 g/mol. The fourth-order valence-electron chi connectivity index (χ4n) is 3.46. The van der Waals surface area contributed by atoms with Crippen LogP contribution in [0.5, 0.6) is 5.75 Å². The number of rotatable bonds is 4. The Bertz CT molecular complexity index is 892. The number of aromatic nitrogens is 2. The number of hydrogen-bond donors (Lipinski definition) is 0. The third-order valence-electron chi connectivity index (χ3n) is 4.81. The van der Waals surface area contributed by atoms with Crippen LogP contribution in [0, 0.1) is 0 Å². The van der Waals surface area contributed by atoms with Crippen LogP contribution in [0.25, 0.3) is 11.3 Å². The van der Waals surface area contributed by atoms with Gasteiger partial charge in [0, 0.05) is 30.2 Å². The summed E-state index contributed by atoms with van der Waals surface area (Å²) in [5.74, 6) is 0.620. The molecule has 0 spiro atoms.